The van der Waals surface area contributed by atoms with Crippen LogP contribution in [0.1, 0.15) is 59.8 Å². The lowest BCUT2D eigenvalue weighted by Crippen LogP contribution is -2.52. The summed E-state index contributed by atoms with van der Waals surface area (Å²) in [5.74, 6) is -1.07. The molecular formula is C23H36N2O5S2. The molecule has 0 saturated heterocycles. The Balaban J connectivity index is 2.59. The molecule has 0 aromatic heterocycles. The zero-order valence-electron chi connectivity index (χ0n) is 19.7. The largest absolute Gasteiger partial charge is 0.465 e. The van der Waals surface area contributed by atoms with Gasteiger partial charge in [0.1, 0.15) is 6.04 Å². The Labute approximate surface area is 193 Å². The highest BCUT2D eigenvalue weighted by Gasteiger charge is 2.40. The molecule has 0 spiro atoms. The van der Waals surface area contributed by atoms with E-state index in [2.05, 4.69) is 9.08 Å². The molecular weight excluding hydrogens is 448 g/mol. The van der Waals surface area contributed by atoms with Gasteiger partial charge in [-0.25, -0.2) is 17.0 Å². The number of hydrogen-bond donors (Lipinski definition) is 1. The number of nitrogens with one attached hydrogen (secondary N) is 1. The molecule has 2 rings (SSSR count). The van der Waals surface area contributed by atoms with Gasteiger partial charge in [-0.05, 0) is 59.1 Å². The number of esters is 1. The number of nitrogens with zero attached hydrogens (tertiary/aromatic N) is 1. The molecule has 1 N–H and O–H groups in total. The van der Waals surface area contributed by atoms with Crippen LogP contribution in [-0.2, 0) is 29.3 Å². The molecule has 0 heterocycles. The molecule has 0 bridgehead atoms. The summed E-state index contributed by atoms with van der Waals surface area (Å²) in [7, 11) is -5.17. The minimum Gasteiger partial charge on any atom is -0.465 e. The van der Waals surface area contributed by atoms with Crippen LogP contribution in [0.25, 0.3) is 0 Å². The first-order chi connectivity index (χ1) is 14.9. The van der Waals surface area contributed by atoms with E-state index in [4.69, 9.17) is 4.74 Å². The van der Waals surface area contributed by atoms with E-state index in [9.17, 15) is 17.4 Å². The summed E-state index contributed by atoms with van der Waals surface area (Å²) in [5.41, 5.74) is 0.789. The number of benzene rings is 1. The monoisotopic (exact) mass is 484 g/mol. The van der Waals surface area contributed by atoms with Crippen LogP contribution in [0.4, 0.5) is 0 Å². The molecule has 0 aliphatic heterocycles. The Morgan fingerprint density at radius 2 is 1.84 bits per heavy atom. The highest BCUT2D eigenvalue weighted by Crippen LogP contribution is 2.34. The third-order valence-corrected chi connectivity index (χ3v) is 9.94. The number of carbonyl (C=O) groups is 1. The zero-order valence-corrected chi connectivity index (χ0v) is 21.3. The maximum Gasteiger partial charge on any atom is 0.324 e. The van der Waals surface area contributed by atoms with Crippen LogP contribution in [-0.4, -0.2) is 43.0 Å². The van der Waals surface area contributed by atoms with Gasteiger partial charge in [0.25, 0.3) is 0 Å². The van der Waals surface area contributed by atoms with Crippen LogP contribution in [0.5, 0.6) is 0 Å². The fraction of sp³-hybridized carbons (Fsp3) is 0.609. The minimum absolute atomic E-state index is 0.142. The molecule has 32 heavy (non-hydrogen) atoms. The van der Waals surface area contributed by atoms with E-state index in [1.165, 1.54) is 7.05 Å². The first-order valence-corrected chi connectivity index (χ1v) is 14.1. The fourth-order valence-electron chi connectivity index (χ4n) is 3.69. The van der Waals surface area contributed by atoms with E-state index in [-0.39, 0.29) is 6.61 Å². The topological polar surface area (TPSA) is 102 Å². The van der Waals surface area contributed by atoms with Crippen molar-refractivity contribution in [1.82, 2.24) is 4.72 Å². The van der Waals surface area contributed by atoms with Crippen molar-refractivity contribution in [3.63, 3.8) is 0 Å². The lowest BCUT2D eigenvalue weighted by Gasteiger charge is -2.30. The average molecular weight is 485 g/mol. The van der Waals surface area contributed by atoms with Crippen molar-refractivity contribution >= 4 is 25.7 Å². The normalized spacial score (nSPS) is 21.9. The van der Waals surface area contributed by atoms with Crippen molar-refractivity contribution in [2.45, 2.75) is 75.5 Å². The summed E-state index contributed by atoms with van der Waals surface area (Å²) in [6.45, 7) is 6.58. The Morgan fingerprint density at radius 3 is 2.41 bits per heavy atom. The highest BCUT2D eigenvalue weighted by atomic mass is 32.2. The van der Waals surface area contributed by atoms with Gasteiger partial charge in [-0.3, -0.25) is 4.79 Å². The van der Waals surface area contributed by atoms with Crippen molar-refractivity contribution in [1.29, 1.82) is 0 Å². The standard InChI is InChI=1S/C23H36N2O5S2/c1-6-30-22(26)21(25-32(28,29)23(2,3)4)20-16-12-7-9-13-18(20)17-31(27,24-5)19-14-10-8-11-15-19/h8,10-11,14-15,17,20-21,25H,6-7,9,12-13,16H2,1-5H3/b18-17+/t20-,21+,31?/m1/s1. The second-order valence-corrected chi connectivity index (χ2v) is 13.6. The molecule has 1 saturated carbocycles. The molecule has 1 aliphatic rings. The van der Waals surface area contributed by atoms with Crippen molar-refractivity contribution < 1.29 is 22.2 Å². The van der Waals surface area contributed by atoms with Crippen molar-refractivity contribution in [3.8, 4) is 0 Å². The first-order valence-electron chi connectivity index (χ1n) is 11.0. The van der Waals surface area contributed by atoms with Crippen LogP contribution in [0, 0.1) is 5.92 Å². The van der Waals surface area contributed by atoms with Gasteiger partial charge in [-0.1, -0.05) is 36.6 Å². The molecule has 0 amide bonds. The predicted octanol–water partition coefficient (Wildman–Crippen LogP) is 4.26. The summed E-state index contributed by atoms with van der Waals surface area (Å²) >= 11 is 0. The molecule has 9 heteroatoms. The van der Waals surface area contributed by atoms with Gasteiger partial charge in [0.2, 0.25) is 10.0 Å². The van der Waals surface area contributed by atoms with E-state index in [1.54, 1.807) is 45.2 Å². The summed E-state index contributed by atoms with van der Waals surface area (Å²) in [6.07, 6.45) is 3.88. The van der Waals surface area contributed by atoms with Crippen molar-refractivity contribution in [2.24, 2.45) is 10.3 Å². The van der Waals surface area contributed by atoms with Gasteiger partial charge < -0.3 is 4.74 Å². The minimum atomic E-state index is -3.82. The van der Waals surface area contributed by atoms with E-state index < -0.39 is 42.4 Å². The molecule has 1 aromatic rings. The third kappa shape index (κ3) is 6.42. The van der Waals surface area contributed by atoms with Crippen LogP contribution >= 0.6 is 0 Å². The van der Waals surface area contributed by atoms with Crippen LogP contribution in [0.3, 0.4) is 0 Å². The SMILES string of the molecule is CCOC(=O)[C@@H](NS(=O)(=O)C(C)(C)C)[C@@H]1CCCCC/C1=C\S(=O)(=NC)c1ccccc1. The summed E-state index contributed by atoms with van der Waals surface area (Å²) in [5, 5.41) is 1.66. The molecule has 180 valence electrons. The van der Waals surface area contributed by atoms with E-state index in [1.807, 2.05) is 18.2 Å². The van der Waals surface area contributed by atoms with Gasteiger partial charge in [0.15, 0.2) is 0 Å². The quantitative estimate of drug-likeness (QED) is 0.460. The Morgan fingerprint density at radius 1 is 1.19 bits per heavy atom. The Kier molecular flexibility index (Phi) is 9.07. The van der Waals surface area contributed by atoms with Gasteiger partial charge >= 0.3 is 5.97 Å². The molecule has 0 radical (unpaired) electrons. The lowest BCUT2D eigenvalue weighted by molar-refractivity contribution is -0.146. The number of ether oxygens (including phenoxy) is 1. The summed E-state index contributed by atoms with van der Waals surface area (Å²) in [4.78, 5) is 13.5. The second kappa shape index (κ2) is 10.9. The van der Waals surface area contributed by atoms with Gasteiger partial charge in [-0.15, -0.1) is 0 Å². The number of hydrogen-bond acceptors (Lipinski definition) is 6. The van der Waals surface area contributed by atoms with Crippen LogP contribution < -0.4 is 4.72 Å². The maximum atomic E-state index is 13.7. The second-order valence-electron chi connectivity index (χ2n) is 8.93. The lowest BCUT2D eigenvalue weighted by atomic mass is 9.88. The molecule has 1 aliphatic carbocycles. The number of rotatable bonds is 7. The molecule has 1 fully saturated rings. The van der Waals surface area contributed by atoms with Crippen LogP contribution in [0.15, 0.2) is 50.6 Å². The Bertz CT molecular complexity index is 1030. The molecule has 1 unspecified atom stereocenters. The predicted molar refractivity (Wildman–Crippen MR) is 128 cm³/mol. The number of carbonyl (C=O) groups excluding carboxylic acids is 1. The Hall–Kier alpha value is -1.71. The fourth-order valence-corrected chi connectivity index (χ4v) is 6.34. The van der Waals surface area contributed by atoms with E-state index in [0.717, 1.165) is 24.8 Å². The smallest absolute Gasteiger partial charge is 0.324 e. The summed E-state index contributed by atoms with van der Waals surface area (Å²) in [6, 6.07) is 7.91. The molecule has 3 atom stereocenters. The van der Waals surface area contributed by atoms with Crippen molar-refractivity contribution in [2.75, 3.05) is 13.7 Å². The first kappa shape index (κ1) is 26.5. The van der Waals surface area contributed by atoms with Crippen LogP contribution in [0.2, 0.25) is 0 Å². The maximum absolute atomic E-state index is 13.7. The highest BCUT2D eigenvalue weighted by molar-refractivity contribution is 7.96. The number of sulfonamides is 1. The molecule has 7 nitrogen and oxygen atoms in total. The van der Waals surface area contributed by atoms with E-state index in [0.29, 0.717) is 17.7 Å². The zero-order chi connectivity index (χ0) is 24.0. The summed E-state index contributed by atoms with van der Waals surface area (Å²) < 4.78 is 50.6. The van der Waals surface area contributed by atoms with Crippen molar-refractivity contribution in [3.05, 3.63) is 41.3 Å². The van der Waals surface area contributed by atoms with Gasteiger partial charge in [0, 0.05) is 18.4 Å². The van der Waals surface area contributed by atoms with Gasteiger partial charge in [-0.2, -0.15) is 4.72 Å². The van der Waals surface area contributed by atoms with Gasteiger partial charge in [0.05, 0.1) is 26.0 Å². The average Bonchev–Trinajstić information content (AvgIpc) is 2.97. The third-order valence-electron chi connectivity index (χ3n) is 5.65. The molecule has 1 aromatic carbocycles. The van der Waals surface area contributed by atoms with E-state index >= 15 is 0 Å².